The average Bonchev–Trinajstić information content (AvgIpc) is 3.61. The fourth-order valence-corrected chi connectivity index (χ4v) is 5.25. The van der Waals surface area contributed by atoms with Gasteiger partial charge in [0.15, 0.2) is 5.65 Å². The maximum Gasteiger partial charge on any atom is 0.155 e. The molecule has 0 aliphatic heterocycles. The number of nitrogens with zero attached hydrogens (tertiary/aromatic N) is 4. The SMILES string of the molecule is Cc1ccc(-c2cccc3[nH]c(-c4n[nH]c5ncc(-c6cncc(OCCN(C)C)c6)cc45)cc23)s1. The van der Waals surface area contributed by atoms with Crippen molar-refractivity contribution in [3.05, 3.63) is 72.0 Å². The number of aromatic amines is 2. The fraction of sp³-hybridized carbons (Fsp3) is 0.179. The Kier molecular flexibility index (Phi) is 5.75. The number of aryl methyl sites for hydroxylation is 1. The van der Waals surface area contributed by atoms with Gasteiger partial charge in [-0.05, 0) is 57.4 Å². The van der Waals surface area contributed by atoms with Gasteiger partial charge in [0.1, 0.15) is 18.1 Å². The third-order valence-corrected chi connectivity index (χ3v) is 7.23. The molecule has 1 aromatic carbocycles. The highest BCUT2D eigenvalue weighted by Gasteiger charge is 2.15. The molecule has 36 heavy (non-hydrogen) atoms. The van der Waals surface area contributed by atoms with Crippen LogP contribution in [0.15, 0.2) is 67.1 Å². The topological polar surface area (TPSA) is 82.7 Å². The number of thiophene rings is 1. The van der Waals surface area contributed by atoms with Gasteiger partial charge < -0.3 is 14.6 Å². The maximum atomic E-state index is 5.88. The molecule has 0 unspecified atom stereocenters. The van der Waals surface area contributed by atoms with Crippen LogP contribution < -0.4 is 4.74 Å². The van der Waals surface area contributed by atoms with E-state index in [4.69, 9.17) is 4.74 Å². The number of rotatable bonds is 7. The van der Waals surface area contributed by atoms with Crippen molar-refractivity contribution in [2.24, 2.45) is 0 Å². The van der Waals surface area contributed by atoms with E-state index in [1.165, 1.54) is 20.7 Å². The van der Waals surface area contributed by atoms with Crippen molar-refractivity contribution < 1.29 is 4.74 Å². The van der Waals surface area contributed by atoms with Crippen molar-refractivity contribution in [2.75, 3.05) is 27.2 Å². The minimum atomic E-state index is 0.606. The van der Waals surface area contributed by atoms with Crippen molar-refractivity contribution in [1.29, 1.82) is 0 Å². The van der Waals surface area contributed by atoms with Crippen LogP contribution in [0.1, 0.15) is 4.88 Å². The third kappa shape index (κ3) is 4.25. The third-order valence-electron chi connectivity index (χ3n) is 6.20. The molecule has 6 rings (SSSR count). The molecule has 0 aliphatic carbocycles. The number of benzene rings is 1. The van der Waals surface area contributed by atoms with E-state index in [9.17, 15) is 0 Å². The number of pyridine rings is 2. The zero-order valence-corrected chi connectivity index (χ0v) is 21.2. The molecule has 5 heterocycles. The maximum absolute atomic E-state index is 5.88. The van der Waals surface area contributed by atoms with Gasteiger partial charge in [-0.25, -0.2) is 4.98 Å². The Hall–Kier alpha value is -4.01. The average molecular weight is 495 g/mol. The van der Waals surface area contributed by atoms with E-state index in [1.54, 1.807) is 6.20 Å². The standard InChI is InChI=1S/C28H26N6OS/c1-17-7-8-26(36-17)21-5-4-6-24-22(21)13-25(31-24)27-23-12-19(15-30-28(23)33-32-27)18-11-20(16-29-14-18)35-10-9-34(2)3/h4-8,11-16,31H,9-10H2,1-3H3,(H,30,32,33). The van der Waals surface area contributed by atoms with Crippen molar-refractivity contribution in [3.63, 3.8) is 0 Å². The summed E-state index contributed by atoms with van der Waals surface area (Å²) >= 11 is 1.81. The smallest absolute Gasteiger partial charge is 0.155 e. The highest BCUT2D eigenvalue weighted by Crippen LogP contribution is 2.37. The van der Waals surface area contributed by atoms with Crippen LogP contribution in [-0.2, 0) is 0 Å². The molecule has 180 valence electrons. The van der Waals surface area contributed by atoms with Gasteiger partial charge in [0, 0.05) is 61.7 Å². The summed E-state index contributed by atoms with van der Waals surface area (Å²) in [5, 5.41) is 9.83. The molecule has 0 atom stereocenters. The number of aromatic nitrogens is 5. The first-order valence-corrected chi connectivity index (χ1v) is 12.6. The van der Waals surface area contributed by atoms with Gasteiger partial charge in [0.2, 0.25) is 0 Å². The fourth-order valence-electron chi connectivity index (χ4n) is 4.35. The minimum absolute atomic E-state index is 0.606. The summed E-state index contributed by atoms with van der Waals surface area (Å²) in [6.07, 6.45) is 5.42. The molecule has 0 aliphatic rings. The molecule has 0 amide bonds. The lowest BCUT2D eigenvalue weighted by Crippen LogP contribution is -2.19. The van der Waals surface area contributed by atoms with Crippen LogP contribution in [-0.4, -0.2) is 57.3 Å². The monoisotopic (exact) mass is 494 g/mol. The lowest BCUT2D eigenvalue weighted by atomic mass is 10.1. The number of ether oxygens (including phenoxy) is 1. The summed E-state index contributed by atoms with van der Waals surface area (Å²) in [7, 11) is 4.05. The Morgan fingerprint density at radius 3 is 2.69 bits per heavy atom. The van der Waals surface area contributed by atoms with Gasteiger partial charge in [0.05, 0.1) is 11.9 Å². The van der Waals surface area contributed by atoms with Crippen molar-refractivity contribution in [1.82, 2.24) is 30.0 Å². The summed E-state index contributed by atoms with van der Waals surface area (Å²) in [5.74, 6) is 0.744. The number of hydrogen-bond acceptors (Lipinski definition) is 6. The highest BCUT2D eigenvalue weighted by molar-refractivity contribution is 7.15. The summed E-state index contributed by atoms with van der Waals surface area (Å²) in [5.41, 5.74) is 6.76. The highest BCUT2D eigenvalue weighted by atomic mass is 32.1. The molecule has 0 bridgehead atoms. The molecule has 2 N–H and O–H groups in total. The first-order valence-electron chi connectivity index (χ1n) is 11.8. The van der Waals surface area contributed by atoms with Crippen LogP contribution in [0.5, 0.6) is 5.75 Å². The summed E-state index contributed by atoms with van der Waals surface area (Å²) in [4.78, 5) is 17.2. The van der Waals surface area contributed by atoms with Crippen LogP contribution >= 0.6 is 11.3 Å². The first-order chi connectivity index (χ1) is 17.5. The second kappa shape index (κ2) is 9.22. The molecule has 0 fully saturated rings. The van der Waals surface area contributed by atoms with E-state index in [1.807, 2.05) is 43.9 Å². The predicted octanol–water partition coefficient (Wildman–Crippen LogP) is 6.15. The van der Waals surface area contributed by atoms with Gasteiger partial charge in [-0.15, -0.1) is 11.3 Å². The number of likely N-dealkylation sites (N-methyl/N-ethyl adjacent to an activating group) is 1. The molecular weight excluding hydrogens is 468 g/mol. The van der Waals surface area contributed by atoms with E-state index < -0.39 is 0 Å². The first kappa shape index (κ1) is 22.5. The van der Waals surface area contributed by atoms with Gasteiger partial charge in [0.25, 0.3) is 0 Å². The van der Waals surface area contributed by atoms with Gasteiger partial charge in [-0.2, -0.15) is 5.10 Å². The number of H-pyrrole nitrogens is 2. The summed E-state index contributed by atoms with van der Waals surface area (Å²) in [6.45, 7) is 3.58. The largest absolute Gasteiger partial charge is 0.491 e. The normalized spacial score (nSPS) is 11.7. The molecule has 0 radical (unpaired) electrons. The Balaban J connectivity index is 1.37. The van der Waals surface area contributed by atoms with Crippen molar-refractivity contribution in [3.8, 4) is 38.7 Å². The predicted molar refractivity (Wildman–Crippen MR) is 147 cm³/mol. The van der Waals surface area contributed by atoms with Gasteiger partial charge >= 0.3 is 0 Å². The molecule has 5 aromatic heterocycles. The minimum Gasteiger partial charge on any atom is -0.491 e. The molecule has 0 spiro atoms. The Labute approximate surface area is 212 Å². The molecular formula is C28H26N6OS. The Morgan fingerprint density at radius 2 is 1.86 bits per heavy atom. The second-order valence-electron chi connectivity index (χ2n) is 9.11. The van der Waals surface area contributed by atoms with Crippen molar-refractivity contribution >= 4 is 33.3 Å². The van der Waals surface area contributed by atoms with Gasteiger partial charge in [-0.3, -0.25) is 10.1 Å². The van der Waals surface area contributed by atoms with Crippen LogP contribution in [0.2, 0.25) is 0 Å². The van der Waals surface area contributed by atoms with Crippen LogP contribution in [0.3, 0.4) is 0 Å². The van der Waals surface area contributed by atoms with Crippen LogP contribution in [0.25, 0.3) is 54.9 Å². The van der Waals surface area contributed by atoms with E-state index in [0.29, 0.717) is 6.61 Å². The molecule has 7 nitrogen and oxygen atoms in total. The zero-order chi connectivity index (χ0) is 24.6. The lowest BCUT2D eigenvalue weighted by Gasteiger charge is -2.11. The summed E-state index contributed by atoms with van der Waals surface area (Å²) in [6, 6.07) is 17.0. The van der Waals surface area contributed by atoms with E-state index in [0.717, 1.165) is 51.4 Å². The number of nitrogens with one attached hydrogen (secondary N) is 2. The Morgan fingerprint density at radius 1 is 0.972 bits per heavy atom. The lowest BCUT2D eigenvalue weighted by molar-refractivity contribution is 0.261. The van der Waals surface area contributed by atoms with Crippen molar-refractivity contribution in [2.45, 2.75) is 6.92 Å². The molecule has 0 saturated heterocycles. The molecule has 0 saturated carbocycles. The molecule has 8 heteroatoms. The van der Waals surface area contributed by atoms with E-state index in [2.05, 4.69) is 79.4 Å². The number of hydrogen-bond donors (Lipinski definition) is 2. The Bertz CT molecular complexity index is 1680. The van der Waals surface area contributed by atoms with Gasteiger partial charge in [-0.1, -0.05) is 12.1 Å². The quantitative estimate of drug-likeness (QED) is 0.278. The van der Waals surface area contributed by atoms with Crippen LogP contribution in [0.4, 0.5) is 0 Å². The van der Waals surface area contributed by atoms with E-state index >= 15 is 0 Å². The molecule has 6 aromatic rings. The van der Waals surface area contributed by atoms with Crippen LogP contribution in [0, 0.1) is 6.92 Å². The summed E-state index contributed by atoms with van der Waals surface area (Å²) < 4.78 is 5.88. The zero-order valence-electron chi connectivity index (χ0n) is 20.4. The van der Waals surface area contributed by atoms with E-state index in [-0.39, 0.29) is 0 Å². The number of fused-ring (bicyclic) bond motifs is 2. The second-order valence-corrected chi connectivity index (χ2v) is 10.4.